The fourth-order valence-electron chi connectivity index (χ4n) is 3.21. The first-order chi connectivity index (χ1) is 13.0. The van der Waals surface area contributed by atoms with Gasteiger partial charge in [0.25, 0.3) is 0 Å². The minimum Gasteiger partial charge on any atom is -0.420 e. The molecule has 2 aromatic carbocycles. The molecule has 4 rings (SSSR count). The van der Waals surface area contributed by atoms with Crippen LogP contribution in [0.1, 0.15) is 22.6 Å². The molecule has 7 heteroatoms. The average Bonchev–Trinajstić information content (AvgIpc) is 3.07. The van der Waals surface area contributed by atoms with Crippen LogP contribution in [0.4, 0.5) is 0 Å². The third-order valence-corrected chi connectivity index (χ3v) is 5.30. The Bertz CT molecular complexity index is 1110. The SMILES string of the molecule is Cc1ccc(C2C(C#N)=C(N)Oc3n[nH]c(-c4ccc(Cl)c(Cl)c4)c32)cc1. The van der Waals surface area contributed by atoms with E-state index in [1.807, 2.05) is 37.3 Å². The molecule has 1 aromatic heterocycles. The first-order valence-electron chi connectivity index (χ1n) is 8.17. The van der Waals surface area contributed by atoms with E-state index in [1.165, 1.54) is 0 Å². The number of H-pyrrole nitrogens is 1. The molecule has 1 unspecified atom stereocenters. The van der Waals surface area contributed by atoms with Crippen molar-refractivity contribution in [2.75, 3.05) is 0 Å². The van der Waals surface area contributed by atoms with Crippen molar-refractivity contribution >= 4 is 23.2 Å². The Balaban J connectivity index is 1.94. The van der Waals surface area contributed by atoms with Crippen LogP contribution in [-0.4, -0.2) is 10.2 Å². The van der Waals surface area contributed by atoms with E-state index in [4.69, 9.17) is 33.7 Å². The molecule has 0 radical (unpaired) electrons. The van der Waals surface area contributed by atoms with Gasteiger partial charge in [-0.3, -0.25) is 5.10 Å². The van der Waals surface area contributed by atoms with Crippen molar-refractivity contribution in [3.8, 4) is 23.2 Å². The van der Waals surface area contributed by atoms with E-state index in [9.17, 15) is 5.26 Å². The van der Waals surface area contributed by atoms with Gasteiger partial charge in [0, 0.05) is 5.56 Å². The summed E-state index contributed by atoms with van der Waals surface area (Å²) in [5, 5.41) is 17.8. The Morgan fingerprint density at radius 1 is 1.15 bits per heavy atom. The van der Waals surface area contributed by atoms with Gasteiger partial charge in [-0.2, -0.15) is 5.26 Å². The number of aryl methyl sites for hydroxylation is 1. The van der Waals surface area contributed by atoms with Crippen LogP contribution in [-0.2, 0) is 0 Å². The Hall–Kier alpha value is -2.94. The van der Waals surface area contributed by atoms with Crippen molar-refractivity contribution < 1.29 is 4.74 Å². The standard InChI is InChI=1S/C20H14Cl2N4O/c1-10-2-4-11(5-3-10)16-13(9-23)19(24)27-20-17(16)18(25-26-20)12-6-7-14(21)15(22)8-12/h2-8,16H,24H2,1H3,(H,25,26). The number of halogens is 2. The fraction of sp³-hybridized carbons (Fsp3) is 0.100. The van der Waals surface area contributed by atoms with Gasteiger partial charge in [0.1, 0.15) is 11.6 Å². The Labute approximate surface area is 166 Å². The van der Waals surface area contributed by atoms with E-state index in [-0.39, 0.29) is 5.88 Å². The van der Waals surface area contributed by atoms with Crippen LogP contribution in [0.5, 0.6) is 5.88 Å². The predicted octanol–water partition coefficient (Wildman–Crippen LogP) is 4.91. The van der Waals surface area contributed by atoms with Gasteiger partial charge in [-0.05, 0) is 24.6 Å². The second-order valence-electron chi connectivity index (χ2n) is 6.28. The lowest BCUT2D eigenvalue weighted by atomic mass is 9.83. The fourth-order valence-corrected chi connectivity index (χ4v) is 3.51. The highest BCUT2D eigenvalue weighted by atomic mass is 35.5. The molecular weight excluding hydrogens is 383 g/mol. The number of benzene rings is 2. The van der Waals surface area contributed by atoms with Crippen LogP contribution in [0.3, 0.4) is 0 Å². The third-order valence-electron chi connectivity index (χ3n) is 4.56. The van der Waals surface area contributed by atoms with Crippen LogP contribution >= 0.6 is 23.2 Å². The average molecular weight is 397 g/mol. The highest BCUT2D eigenvalue weighted by Crippen LogP contribution is 2.46. The quantitative estimate of drug-likeness (QED) is 0.643. The van der Waals surface area contributed by atoms with E-state index in [1.54, 1.807) is 12.1 Å². The Morgan fingerprint density at radius 3 is 2.56 bits per heavy atom. The second-order valence-corrected chi connectivity index (χ2v) is 7.10. The molecular formula is C20H14Cl2N4O. The maximum absolute atomic E-state index is 9.72. The summed E-state index contributed by atoms with van der Waals surface area (Å²) in [5.74, 6) is 0.00321. The normalized spacial score (nSPS) is 15.9. The minimum atomic E-state index is -0.400. The van der Waals surface area contributed by atoms with Gasteiger partial charge in [0.15, 0.2) is 0 Å². The molecule has 134 valence electrons. The number of hydrogen-bond donors (Lipinski definition) is 2. The number of fused-ring (bicyclic) bond motifs is 1. The van der Waals surface area contributed by atoms with Crippen LogP contribution in [0, 0.1) is 18.3 Å². The Kier molecular flexibility index (Phi) is 4.31. The molecule has 3 N–H and O–H groups in total. The molecule has 0 amide bonds. The lowest BCUT2D eigenvalue weighted by molar-refractivity contribution is 0.379. The molecule has 3 aromatic rings. The maximum atomic E-state index is 9.72. The van der Waals surface area contributed by atoms with Crippen molar-refractivity contribution in [2.24, 2.45) is 5.73 Å². The van der Waals surface area contributed by atoms with Gasteiger partial charge in [-0.25, -0.2) is 0 Å². The van der Waals surface area contributed by atoms with Gasteiger partial charge < -0.3 is 10.5 Å². The number of aromatic nitrogens is 2. The molecule has 1 atom stereocenters. The van der Waals surface area contributed by atoms with Crippen molar-refractivity contribution in [3.05, 3.63) is 80.7 Å². The number of nitrogens with zero attached hydrogens (tertiary/aromatic N) is 2. The number of hydrogen-bond acceptors (Lipinski definition) is 4. The van der Waals surface area contributed by atoms with E-state index in [0.717, 1.165) is 22.3 Å². The van der Waals surface area contributed by atoms with Crippen LogP contribution < -0.4 is 10.5 Å². The number of nitrogens with one attached hydrogen (secondary N) is 1. The molecule has 0 saturated heterocycles. The number of nitriles is 1. The van der Waals surface area contributed by atoms with E-state index < -0.39 is 5.92 Å². The van der Waals surface area contributed by atoms with Crippen molar-refractivity contribution in [3.63, 3.8) is 0 Å². The molecule has 0 spiro atoms. The van der Waals surface area contributed by atoms with Gasteiger partial charge in [0.2, 0.25) is 11.8 Å². The molecule has 1 aliphatic rings. The molecule has 0 saturated carbocycles. The first-order valence-corrected chi connectivity index (χ1v) is 8.93. The molecule has 5 nitrogen and oxygen atoms in total. The van der Waals surface area contributed by atoms with Crippen LogP contribution in [0.15, 0.2) is 53.9 Å². The minimum absolute atomic E-state index is 0.0581. The molecule has 1 aliphatic heterocycles. The zero-order chi connectivity index (χ0) is 19.1. The largest absolute Gasteiger partial charge is 0.420 e. The molecule has 0 bridgehead atoms. The van der Waals surface area contributed by atoms with Gasteiger partial charge >= 0.3 is 0 Å². The number of ether oxygens (including phenoxy) is 1. The molecule has 27 heavy (non-hydrogen) atoms. The van der Waals surface area contributed by atoms with Gasteiger partial charge in [0.05, 0.1) is 27.2 Å². The van der Waals surface area contributed by atoms with Crippen molar-refractivity contribution in [2.45, 2.75) is 12.8 Å². The van der Waals surface area contributed by atoms with Crippen LogP contribution in [0.2, 0.25) is 10.0 Å². The topological polar surface area (TPSA) is 87.7 Å². The number of aromatic amines is 1. The van der Waals surface area contributed by atoms with E-state index >= 15 is 0 Å². The van der Waals surface area contributed by atoms with Gasteiger partial charge in [-0.15, -0.1) is 5.10 Å². The van der Waals surface area contributed by atoms with Crippen LogP contribution in [0.25, 0.3) is 11.3 Å². The highest BCUT2D eigenvalue weighted by Gasteiger charge is 2.35. The number of allylic oxidation sites excluding steroid dienone is 1. The molecule has 2 heterocycles. The Morgan fingerprint density at radius 2 is 1.89 bits per heavy atom. The third kappa shape index (κ3) is 2.93. The smallest absolute Gasteiger partial charge is 0.244 e. The zero-order valence-electron chi connectivity index (χ0n) is 14.3. The zero-order valence-corrected chi connectivity index (χ0v) is 15.8. The highest BCUT2D eigenvalue weighted by molar-refractivity contribution is 6.42. The van der Waals surface area contributed by atoms with Gasteiger partial charge in [-0.1, -0.05) is 59.1 Å². The summed E-state index contributed by atoms with van der Waals surface area (Å²) in [6, 6.07) is 15.4. The summed E-state index contributed by atoms with van der Waals surface area (Å²) >= 11 is 12.2. The summed E-state index contributed by atoms with van der Waals surface area (Å²) in [6.07, 6.45) is 0. The maximum Gasteiger partial charge on any atom is 0.244 e. The number of rotatable bonds is 2. The summed E-state index contributed by atoms with van der Waals surface area (Å²) in [5.41, 5.74) is 10.6. The van der Waals surface area contributed by atoms with Crippen molar-refractivity contribution in [1.82, 2.24) is 10.2 Å². The molecule has 0 aliphatic carbocycles. The van der Waals surface area contributed by atoms with Crippen molar-refractivity contribution in [1.29, 1.82) is 5.26 Å². The number of nitrogens with two attached hydrogens (primary N) is 1. The summed E-state index contributed by atoms with van der Waals surface area (Å²) in [7, 11) is 0. The predicted molar refractivity (Wildman–Crippen MR) is 105 cm³/mol. The summed E-state index contributed by atoms with van der Waals surface area (Å²) in [4.78, 5) is 0. The lowest BCUT2D eigenvalue weighted by Crippen LogP contribution is -2.21. The van der Waals surface area contributed by atoms with E-state index in [2.05, 4.69) is 16.3 Å². The first kappa shape index (κ1) is 17.5. The van der Waals surface area contributed by atoms with E-state index in [0.29, 0.717) is 27.2 Å². The monoisotopic (exact) mass is 396 g/mol. The summed E-state index contributed by atoms with van der Waals surface area (Å²) < 4.78 is 5.60. The lowest BCUT2D eigenvalue weighted by Gasteiger charge is -2.24. The summed E-state index contributed by atoms with van der Waals surface area (Å²) in [6.45, 7) is 2.01. The molecule has 0 fully saturated rings. The second kappa shape index (κ2) is 6.66.